The zero-order chi connectivity index (χ0) is 21.9. The van der Waals surface area contributed by atoms with Crippen molar-refractivity contribution >= 4 is 45.6 Å². The van der Waals surface area contributed by atoms with Crippen molar-refractivity contribution in [3.63, 3.8) is 0 Å². The lowest BCUT2D eigenvalue weighted by atomic mass is 10.1. The number of hydrogen-bond acceptors (Lipinski definition) is 6. The van der Waals surface area contributed by atoms with Crippen LogP contribution in [0, 0.1) is 6.92 Å². The number of alkyl halides is 3. The van der Waals surface area contributed by atoms with Crippen LogP contribution in [0.1, 0.15) is 23.4 Å². The third-order valence-electron chi connectivity index (χ3n) is 4.62. The summed E-state index contributed by atoms with van der Waals surface area (Å²) in [5.41, 5.74) is 2.13. The summed E-state index contributed by atoms with van der Waals surface area (Å²) in [5, 5.41) is 7.81. The van der Waals surface area contributed by atoms with Crippen LogP contribution in [-0.2, 0) is 15.8 Å². The van der Waals surface area contributed by atoms with Crippen molar-refractivity contribution in [2.24, 2.45) is 0 Å². The van der Waals surface area contributed by atoms with Crippen molar-refractivity contribution in [3.05, 3.63) is 33.8 Å². The van der Waals surface area contributed by atoms with Gasteiger partial charge < -0.3 is 15.1 Å². The molecule has 1 fully saturated rings. The molecule has 30 heavy (non-hydrogen) atoms. The topological polar surface area (TPSA) is 78.4 Å². The van der Waals surface area contributed by atoms with E-state index in [1.54, 1.807) is 4.90 Å². The van der Waals surface area contributed by atoms with Crippen molar-refractivity contribution in [1.82, 2.24) is 15.1 Å². The summed E-state index contributed by atoms with van der Waals surface area (Å²) < 4.78 is 37.5. The van der Waals surface area contributed by atoms with Crippen LogP contribution in [0.3, 0.4) is 0 Å². The molecule has 3 rings (SSSR count). The second kappa shape index (κ2) is 9.17. The minimum absolute atomic E-state index is 0.0348. The minimum atomic E-state index is -4.61. The second-order valence-electron chi connectivity index (χ2n) is 6.76. The van der Waals surface area contributed by atoms with Gasteiger partial charge in [0.2, 0.25) is 22.0 Å². The molecule has 1 aliphatic heterocycles. The number of rotatable bonds is 5. The average molecular weight is 462 g/mol. The quantitative estimate of drug-likeness (QED) is 0.736. The van der Waals surface area contributed by atoms with E-state index >= 15 is 0 Å². The Morgan fingerprint density at radius 1 is 1.17 bits per heavy atom. The number of carbonyl (C=O) groups is 2. The molecule has 0 aliphatic carbocycles. The molecule has 2 amide bonds. The van der Waals surface area contributed by atoms with E-state index in [4.69, 9.17) is 11.6 Å². The summed E-state index contributed by atoms with van der Waals surface area (Å²) in [6, 6.07) is 5.68. The Morgan fingerprint density at radius 2 is 1.87 bits per heavy atom. The maximum atomic E-state index is 12.5. The van der Waals surface area contributed by atoms with E-state index < -0.39 is 17.1 Å². The Hall–Kier alpha value is -2.40. The first kappa shape index (κ1) is 22.3. The zero-order valence-corrected chi connectivity index (χ0v) is 17.6. The first-order chi connectivity index (χ1) is 14.1. The number of halogens is 4. The number of benzene rings is 1. The van der Waals surface area contributed by atoms with Crippen molar-refractivity contribution in [2.45, 2.75) is 25.9 Å². The molecule has 0 unspecified atom stereocenters. The Bertz CT molecular complexity index is 929. The monoisotopic (exact) mass is 461 g/mol. The van der Waals surface area contributed by atoms with Gasteiger partial charge in [0.1, 0.15) is 0 Å². The number of hydrogen-bond donors (Lipinski definition) is 1. The minimum Gasteiger partial charge on any atom is -0.368 e. The number of anilines is 2. The number of carbonyl (C=O) groups excluding carboxylic acids is 2. The Labute approximate surface area is 179 Å². The SMILES string of the molecule is Cc1ccc(Cl)cc1N1CCN(C(=O)CCC(=O)Nc2nnc(C(F)(F)F)s2)CC1. The van der Waals surface area contributed by atoms with Crippen LogP contribution in [-0.4, -0.2) is 53.1 Å². The smallest absolute Gasteiger partial charge is 0.368 e. The highest BCUT2D eigenvalue weighted by molar-refractivity contribution is 7.15. The van der Waals surface area contributed by atoms with E-state index in [1.807, 2.05) is 25.1 Å². The molecule has 7 nitrogen and oxygen atoms in total. The van der Waals surface area contributed by atoms with Crippen molar-refractivity contribution in [3.8, 4) is 0 Å². The summed E-state index contributed by atoms with van der Waals surface area (Å²) in [4.78, 5) is 28.1. The van der Waals surface area contributed by atoms with Crippen molar-refractivity contribution in [1.29, 1.82) is 0 Å². The highest BCUT2D eigenvalue weighted by Gasteiger charge is 2.35. The molecule has 2 heterocycles. The van der Waals surface area contributed by atoms with Crippen LogP contribution in [0.5, 0.6) is 0 Å². The highest BCUT2D eigenvalue weighted by Crippen LogP contribution is 2.33. The van der Waals surface area contributed by atoms with Gasteiger partial charge in [-0.05, 0) is 24.6 Å². The Morgan fingerprint density at radius 3 is 2.50 bits per heavy atom. The number of amides is 2. The van der Waals surface area contributed by atoms with Crippen LogP contribution in [0.25, 0.3) is 0 Å². The van der Waals surface area contributed by atoms with E-state index in [0.717, 1.165) is 11.3 Å². The van der Waals surface area contributed by atoms with E-state index in [0.29, 0.717) is 31.2 Å². The molecule has 1 saturated heterocycles. The first-order valence-corrected chi connectivity index (χ1v) is 10.3. The fourth-order valence-corrected chi connectivity index (χ4v) is 3.86. The normalized spacial score (nSPS) is 14.7. The van der Waals surface area contributed by atoms with Crippen molar-refractivity contribution < 1.29 is 22.8 Å². The first-order valence-electron chi connectivity index (χ1n) is 9.13. The third-order valence-corrected chi connectivity index (χ3v) is 5.74. The van der Waals surface area contributed by atoms with Crippen LogP contribution in [0.2, 0.25) is 5.02 Å². The van der Waals surface area contributed by atoms with Gasteiger partial charge in [-0.15, -0.1) is 10.2 Å². The number of nitrogens with one attached hydrogen (secondary N) is 1. The molecular weight excluding hydrogens is 443 g/mol. The lowest BCUT2D eigenvalue weighted by Crippen LogP contribution is -2.49. The van der Waals surface area contributed by atoms with Gasteiger partial charge in [-0.3, -0.25) is 9.59 Å². The Balaban J connectivity index is 1.45. The van der Waals surface area contributed by atoms with E-state index in [9.17, 15) is 22.8 Å². The standard InChI is InChI=1S/C18H19ClF3N5O2S/c1-11-2-3-12(19)10-13(11)26-6-8-27(9-7-26)15(29)5-4-14(28)23-17-25-24-16(30-17)18(20,21)22/h2-3,10H,4-9H2,1H3,(H,23,25,28). The van der Waals surface area contributed by atoms with Crippen LogP contribution >= 0.6 is 22.9 Å². The molecule has 1 N–H and O–H groups in total. The van der Waals surface area contributed by atoms with E-state index in [1.165, 1.54) is 0 Å². The van der Waals surface area contributed by atoms with Crippen molar-refractivity contribution in [2.75, 3.05) is 36.4 Å². The molecule has 0 spiro atoms. The van der Waals surface area contributed by atoms with Gasteiger partial charge >= 0.3 is 6.18 Å². The molecule has 0 atom stereocenters. The zero-order valence-electron chi connectivity index (χ0n) is 16.0. The van der Waals surface area contributed by atoms with E-state index in [-0.39, 0.29) is 35.2 Å². The van der Waals surface area contributed by atoms with Gasteiger partial charge in [0, 0.05) is 49.7 Å². The van der Waals surface area contributed by atoms with Gasteiger partial charge in [0.05, 0.1) is 0 Å². The maximum Gasteiger partial charge on any atom is 0.445 e. The van der Waals surface area contributed by atoms with Gasteiger partial charge in [0.25, 0.3) is 0 Å². The molecule has 2 aromatic rings. The van der Waals surface area contributed by atoms with Gasteiger partial charge in [-0.2, -0.15) is 13.2 Å². The fourth-order valence-electron chi connectivity index (χ4n) is 3.07. The van der Waals surface area contributed by atoms with Crippen LogP contribution in [0.4, 0.5) is 24.0 Å². The lowest BCUT2D eigenvalue weighted by molar-refractivity contribution is -0.138. The number of nitrogens with zero attached hydrogens (tertiary/aromatic N) is 4. The summed E-state index contributed by atoms with van der Waals surface area (Å²) in [6.45, 7) is 4.31. The maximum absolute atomic E-state index is 12.5. The van der Waals surface area contributed by atoms with Gasteiger partial charge in [-0.25, -0.2) is 0 Å². The number of piperazine rings is 1. The van der Waals surface area contributed by atoms with E-state index in [2.05, 4.69) is 20.4 Å². The molecule has 0 bridgehead atoms. The molecule has 1 aromatic heterocycles. The third kappa shape index (κ3) is 5.60. The summed E-state index contributed by atoms with van der Waals surface area (Å²) in [7, 11) is 0. The predicted octanol–water partition coefficient (Wildman–Crippen LogP) is 3.59. The average Bonchev–Trinajstić information content (AvgIpc) is 3.17. The predicted molar refractivity (Wildman–Crippen MR) is 108 cm³/mol. The molecule has 162 valence electrons. The van der Waals surface area contributed by atoms with Gasteiger partial charge in [0.15, 0.2) is 0 Å². The lowest BCUT2D eigenvalue weighted by Gasteiger charge is -2.37. The molecule has 1 aromatic carbocycles. The summed E-state index contributed by atoms with van der Waals surface area (Å²) in [6.07, 6.45) is -4.79. The summed E-state index contributed by atoms with van der Waals surface area (Å²) in [5.74, 6) is -0.762. The fraction of sp³-hybridized carbons (Fsp3) is 0.444. The van der Waals surface area contributed by atoms with Gasteiger partial charge in [-0.1, -0.05) is 29.0 Å². The number of aromatic nitrogens is 2. The molecule has 0 saturated carbocycles. The molecule has 0 radical (unpaired) electrons. The van der Waals surface area contributed by atoms with Crippen LogP contribution < -0.4 is 10.2 Å². The Kier molecular flexibility index (Phi) is 6.81. The molecule has 1 aliphatic rings. The van der Waals surface area contributed by atoms with Crippen LogP contribution in [0.15, 0.2) is 18.2 Å². The summed E-state index contributed by atoms with van der Waals surface area (Å²) >= 11 is 6.32. The largest absolute Gasteiger partial charge is 0.445 e. The number of aryl methyl sites for hydroxylation is 1. The highest BCUT2D eigenvalue weighted by atomic mass is 35.5. The molecular formula is C18H19ClF3N5O2S. The molecule has 12 heteroatoms. The second-order valence-corrected chi connectivity index (χ2v) is 8.17.